The van der Waals surface area contributed by atoms with Crippen molar-refractivity contribution < 1.29 is 40.0 Å². The van der Waals surface area contributed by atoms with Gasteiger partial charge in [0.15, 0.2) is 17.4 Å². The van der Waals surface area contributed by atoms with Crippen molar-refractivity contribution in [1.82, 2.24) is 0 Å². The summed E-state index contributed by atoms with van der Waals surface area (Å²) in [7, 11) is -5.75. The van der Waals surface area contributed by atoms with Crippen molar-refractivity contribution in [2.45, 2.75) is 11.3 Å². The van der Waals surface area contributed by atoms with Gasteiger partial charge >= 0.3 is 0 Å². The predicted molar refractivity (Wildman–Crippen MR) is 86.4 cm³/mol. The first-order valence-electron chi connectivity index (χ1n) is 7.46. The molecule has 0 saturated heterocycles. The minimum atomic E-state index is -5.75. The highest BCUT2D eigenvalue weighted by Gasteiger charge is 2.29. The van der Waals surface area contributed by atoms with Crippen LogP contribution in [0.1, 0.15) is 12.0 Å². The Bertz CT molecular complexity index is 914. The largest absolute Gasteiger partial charge is 0.744 e. The first-order chi connectivity index (χ1) is 12.7. The van der Waals surface area contributed by atoms with E-state index >= 15 is 0 Å². The summed E-state index contributed by atoms with van der Waals surface area (Å²) in [5, 5.41) is 0. The van der Waals surface area contributed by atoms with Crippen LogP contribution in [0.2, 0.25) is 0 Å². The molecule has 0 atom stereocenters. The van der Waals surface area contributed by atoms with Gasteiger partial charge in [-0.1, -0.05) is 24.8 Å². The molecule has 0 heterocycles. The van der Waals surface area contributed by atoms with Gasteiger partial charge in [-0.15, -0.1) is 0 Å². The van der Waals surface area contributed by atoms with Crippen LogP contribution >= 0.6 is 0 Å². The van der Waals surface area contributed by atoms with Gasteiger partial charge in [0, 0.05) is 6.42 Å². The maximum absolute atomic E-state index is 13.7. The summed E-state index contributed by atoms with van der Waals surface area (Å²) in [5.74, 6) is -9.82. The van der Waals surface area contributed by atoms with E-state index in [9.17, 15) is 30.5 Å². The van der Waals surface area contributed by atoms with Gasteiger partial charge < -0.3 is 14.0 Å². The van der Waals surface area contributed by atoms with Gasteiger partial charge in [-0.3, -0.25) is 0 Å². The maximum atomic E-state index is 13.7. The second kappa shape index (κ2) is 8.40. The fourth-order valence-electron chi connectivity index (χ4n) is 2.06. The van der Waals surface area contributed by atoms with E-state index in [2.05, 4.69) is 11.3 Å². The van der Waals surface area contributed by atoms with Crippen LogP contribution in [0.5, 0.6) is 11.5 Å². The van der Waals surface area contributed by atoms with Gasteiger partial charge in [0.2, 0.25) is 11.6 Å². The molecule has 0 unspecified atom stereocenters. The summed E-state index contributed by atoms with van der Waals surface area (Å²) in [6.45, 7) is 3.27. The Morgan fingerprint density at radius 1 is 0.926 bits per heavy atom. The second-order valence-corrected chi connectivity index (χ2v) is 6.51. The van der Waals surface area contributed by atoms with E-state index in [4.69, 9.17) is 4.74 Å². The highest BCUT2D eigenvalue weighted by molar-refractivity contribution is 7.85. The number of hydrogen-bond acceptors (Lipinski definition) is 5. The van der Waals surface area contributed by atoms with Crippen molar-refractivity contribution in [2.24, 2.45) is 0 Å². The number of benzene rings is 2. The van der Waals surface area contributed by atoms with E-state index in [1.165, 1.54) is 0 Å². The molecule has 2 aromatic carbocycles. The summed E-state index contributed by atoms with van der Waals surface area (Å²) in [6, 6.07) is 6.84. The molecule has 0 saturated carbocycles. The summed E-state index contributed by atoms with van der Waals surface area (Å²) in [4.78, 5) is -2.23. The highest BCUT2D eigenvalue weighted by atomic mass is 32.2. The molecule has 2 aromatic rings. The lowest BCUT2D eigenvalue weighted by atomic mass is 10.2. The van der Waals surface area contributed by atoms with Crippen LogP contribution in [-0.2, 0) is 10.1 Å². The van der Waals surface area contributed by atoms with Crippen LogP contribution in [0.15, 0.2) is 35.7 Å². The third-order valence-corrected chi connectivity index (χ3v) is 4.21. The van der Waals surface area contributed by atoms with E-state index in [-0.39, 0.29) is 19.6 Å². The van der Waals surface area contributed by atoms with Crippen LogP contribution in [0, 0.1) is 23.3 Å². The Kier molecular flexibility index (Phi) is 6.45. The molecule has 0 N–H and O–H groups in total. The zero-order chi connectivity index (χ0) is 20.2. The highest BCUT2D eigenvalue weighted by Crippen LogP contribution is 2.32. The van der Waals surface area contributed by atoms with Gasteiger partial charge in [-0.25, -0.2) is 17.2 Å². The monoisotopic (exact) mass is 405 g/mol. The van der Waals surface area contributed by atoms with E-state index in [0.717, 1.165) is 5.56 Å². The maximum Gasteiger partial charge on any atom is 0.205 e. The smallest absolute Gasteiger partial charge is 0.205 e. The minimum absolute atomic E-state index is 0.0641. The summed E-state index contributed by atoms with van der Waals surface area (Å²) < 4.78 is 96.8. The van der Waals surface area contributed by atoms with Gasteiger partial charge in [-0.05, 0) is 17.7 Å². The molecule has 10 heteroatoms. The average Bonchev–Trinajstić information content (AvgIpc) is 2.62. The molecule has 2 rings (SSSR count). The van der Waals surface area contributed by atoms with Crippen molar-refractivity contribution in [3.63, 3.8) is 0 Å². The number of halogens is 4. The molecule has 0 aliphatic carbocycles. The van der Waals surface area contributed by atoms with Crippen molar-refractivity contribution in [3.8, 4) is 11.5 Å². The van der Waals surface area contributed by atoms with Crippen molar-refractivity contribution in [3.05, 3.63) is 59.7 Å². The number of hydrogen-bond donors (Lipinski definition) is 0. The van der Waals surface area contributed by atoms with Gasteiger partial charge in [0.05, 0.1) is 13.2 Å². The molecule has 27 heavy (non-hydrogen) atoms. The van der Waals surface area contributed by atoms with Crippen molar-refractivity contribution in [2.75, 3.05) is 13.2 Å². The van der Waals surface area contributed by atoms with E-state index in [1.807, 2.05) is 0 Å². The van der Waals surface area contributed by atoms with Crippen LogP contribution in [0.4, 0.5) is 17.6 Å². The quantitative estimate of drug-likeness (QED) is 0.290. The minimum Gasteiger partial charge on any atom is -0.744 e. The molecule has 0 bridgehead atoms. The second-order valence-electron chi connectivity index (χ2n) is 5.19. The Labute approximate surface area is 152 Å². The molecular formula is C17H13F4O5S-. The Balaban J connectivity index is 2.00. The number of ether oxygens (including phenoxy) is 2. The third kappa shape index (κ3) is 4.77. The fraction of sp³-hybridized carbons (Fsp3) is 0.176. The average molecular weight is 405 g/mol. The van der Waals surface area contributed by atoms with E-state index in [0.29, 0.717) is 5.75 Å². The molecule has 0 aliphatic heterocycles. The molecule has 0 spiro atoms. The van der Waals surface area contributed by atoms with Crippen LogP contribution in [0.3, 0.4) is 0 Å². The Morgan fingerprint density at radius 3 is 1.93 bits per heavy atom. The van der Waals surface area contributed by atoms with Gasteiger partial charge in [0.25, 0.3) is 0 Å². The van der Waals surface area contributed by atoms with Crippen molar-refractivity contribution in [1.29, 1.82) is 0 Å². The topological polar surface area (TPSA) is 75.7 Å². The molecule has 0 amide bonds. The standard InChI is InChI=1S/C17H14F4O5S/c1-2-10-4-6-11(7-5-10)25-8-3-9-26-16-12(18)14(20)17(27(22,23)24)15(21)13(16)19/h2,4-7H,1,3,8-9H2,(H,22,23,24)/p-1. The first kappa shape index (κ1) is 20.7. The summed E-state index contributed by atoms with van der Waals surface area (Å²) in [5.41, 5.74) is 0.879. The molecule has 0 aromatic heterocycles. The Hall–Kier alpha value is -2.59. The van der Waals surface area contributed by atoms with Crippen molar-refractivity contribution >= 4 is 16.2 Å². The normalized spacial score (nSPS) is 11.3. The zero-order valence-electron chi connectivity index (χ0n) is 13.7. The first-order valence-corrected chi connectivity index (χ1v) is 8.87. The molecule has 5 nitrogen and oxygen atoms in total. The molecule has 0 aliphatic rings. The lowest BCUT2D eigenvalue weighted by Crippen LogP contribution is -2.13. The molecule has 0 radical (unpaired) electrons. The fourth-order valence-corrected chi connectivity index (χ4v) is 2.68. The predicted octanol–water partition coefficient (Wildman–Crippen LogP) is 3.64. The molecule has 146 valence electrons. The Morgan fingerprint density at radius 2 is 1.44 bits per heavy atom. The zero-order valence-corrected chi connectivity index (χ0v) is 14.5. The summed E-state index contributed by atoms with van der Waals surface area (Å²) >= 11 is 0. The van der Waals surface area contributed by atoms with Crippen LogP contribution in [0.25, 0.3) is 6.08 Å². The van der Waals surface area contributed by atoms with Gasteiger partial charge in [0.1, 0.15) is 20.8 Å². The van der Waals surface area contributed by atoms with Crippen LogP contribution in [-0.4, -0.2) is 26.2 Å². The third-order valence-electron chi connectivity index (χ3n) is 3.35. The SMILES string of the molecule is C=Cc1ccc(OCCCOc2c(F)c(F)c(S(=O)(=O)[O-])c(F)c2F)cc1. The number of rotatable bonds is 8. The van der Waals surface area contributed by atoms with E-state index in [1.54, 1.807) is 30.3 Å². The lowest BCUT2D eigenvalue weighted by molar-refractivity contribution is 0.226. The lowest BCUT2D eigenvalue weighted by Gasteiger charge is -2.14. The molecular weight excluding hydrogens is 392 g/mol. The molecule has 0 fully saturated rings. The van der Waals surface area contributed by atoms with Crippen LogP contribution < -0.4 is 9.47 Å². The van der Waals surface area contributed by atoms with Gasteiger partial charge in [-0.2, -0.15) is 8.78 Å². The summed E-state index contributed by atoms with van der Waals surface area (Å²) in [6.07, 6.45) is 1.73. The van der Waals surface area contributed by atoms with E-state index < -0.39 is 44.0 Å².